The van der Waals surface area contributed by atoms with Gasteiger partial charge in [0.25, 0.3) is 5.56 Å². The van der Waals surface area contributed by atoms with Gasteiger partial charge in [-0.3, -0.25) is 14.2 Å². The van der Waals surface area contributed by atoms with Gasteiger partial charge in [-0.1, -0.05) is 35.5 Å². The van der Waals surface area contributed by atoms with Gasteiger partial charge in [-0.05, 0) is 44.5 Å². The van der Waals surface area contributed by atoms with Crippen molar-refractivity contribution in [2.45, 2.75) is 32.5 Å². The second kappa shape index (κ2) is 9.18. The molecule has 1 N–H and O–H groups in total. The number of nitrogens with zero attached hydrogens (tertiary/aromatic N) is 2. The minimum Gasteiger partial charge on any atom is -0.461 e. The monoisotopic (exact) mass is 465 g/mol. The number of carbonyl (C=O) groups excluding carboxylic acids is 1. The predicted molar refractivity (Wildman–Crippen MR) is 132 cm³/mol. The molecule has 4 aromatic rings. The summed E-state index contributed by atoms with van der Waals surface area (Å²) in [5.41, 5.74) is 3.49. The molecule has 0 saturated carbocycles. The molecule has 0 bridgehead atoms. The lowest BCUT2D eigenvalue weighted by atomic mass is 10.1. The first-order valence-corrected chi connectivity index (χ1v) is 11.9. The highest BCUT2D eigenvalue weighted by Crippen LogP contribution is 2.33. The first kappa shape index (κ1) is 22.1. The molecule has 4 rings (SSSR count). The van der Waals surface area contributed by atoms with Crippen LogP contribution in [0, 0.1) is 20.8 Å². The van der Waals surface area contributed by atoms with Crippen LogP contribution in [0.25, 0.3) is 21.5 Å². The van der Waals surface area contributed by atoms with E-state index < -0.39 is 0 Å². The smallest absolute Gasteiger partial charge is 0.263 e. The number of thiophene rings is 1. The number of rotatable bonds is 7. The number of anilines is 1. The molecule has 0 aliphatic heterocycles. The quantitative estimate of drug-likeness (QED) is 0.220. The molecule has 0 unspecified atom stereocenters. The van der Waals surface area contributed by atoms with Gasteiger partial charge in [0.1, 0.15) is 16.4 Å². The highest BCUT2D eigenvalue weighted by Gasteiger charge is 2.19. The van der Waals surface area contributed by atoms with Gasteiger partial charge in [0.05, 0.1) is 11.1 Å². The van der Waals surface area contributed by atoms with Crippen LogP contribution in [0.4, 0.5) is 5.69 Å². The molecule has 8 heteroatoms. The number of nitrogens with one attached hydrogen (secondary N) is 1. The number of fused-ring (bicyclic) bond motifs is 1. The van der Waals surface area contributed by atoms with E-state index in [1.54, 1.807) is 10.6 Å². The van der Waals surface area contributed by atoms with Gasteiger partial charge in [-0.15, -0.1) is 17.9 Å². The normalized spacial score (nSPS) is 11.1. The van der Waals surface area contributed by atoms with Crippen molar-refractivity contribution in [3.63, 3.8) is 0 Å². The number of hydrogen-bond donors (Lipinski definition) is 1. The van der Waals surface area contributed by atoms with E-state index in [2.05, 4.69) is 11.9 Å². The Morgan fingerprint density at radius 1 is 1.28 bits per heavy atom. The van der Waals surface area contributed by atoms with Crippen molar-refractivity contribution in [2.75, 3.05) is 11.1 Å². The van der Waals surface area contributed by atoms with E-state index in [9.17, 15) is 9.59 Å². The van der Waals surface area contributed by atoms with Gasteiger partial charge in [-0.2, -0.15) is 0 Å². The summed E-state index contributed by atoms with van der Waals surface area (Å²) in [6.45, 7) is 9.90. The van der Waals surface area contributed by atoms with Crippen LogP contribution in [-0.2, 0) is 11.3 Å². The number of aromatic nitrogens is 2. The molecule has 32 heavy (non-hydrogen) atoms. The van der Waals surface area contributed by atoms with E-state index in [0.717, 1.165) is 28.1 Å². The molecule has 0 aliphatic rings. The molecular weight excluding hydrogens is 442 g/mol. The van der Waals surface area contributed by atoms with E-state index in [4.69, 9.17) is 9.40 Å². The number of furan rings is 1. The summed E-state index contributed by atoms with van der Waals surface area (Å²) in [5, 5.41) is 5.83. The Hall–Kier alpha value is -3.10. The average Bonchev–Trinajstić information content (AvgIpc) is 3.37. The van der Waals surface area contributed by atoms with Gasteiger partial charge in [0.15, 0.2) is 5.16 Å². The number of carbonyl (C=O) groups is 1. The van der Waals surface area contributed by atoms with Crippen LogP contribution < -0.4 is 10.9 Å². The van der Waals surface area contributed by atoms with E-state index in [1.807, 2.05) is 56.5 Å². The predicted octanol–water partition coefficient (Wildman–Crippen LogP) is 5.56. The molecule has 3 aromatic heterocycles. The molecule has 0 saturated heterocycles. The summed E-state index contributed by atoms with van der Waals surface area (Å²) < 4.78 is 7.28. The Bertz CT molecular complexity index is 1380. The van der Waals surface area contributed by atoms with Crippen molar-refractivity contribution in [1.29, 1.82) is 0 Å². The van der Waals surface area contributed by atoms with Gasteiger partial charge < -0.3 is 9.73 Å². The fourth-order valence-electron chi connectivity index (χ4n) is 3.44. The van der Waals surface area contributed by atoms with E-state index in [1.165, 1.54) is 23.1 Å². The Balaban J connectivity index is 1.62. The lowest BCUT2D eigenvalue weighted by Gasteiger charge is -2.12. The third-order valence-corrected chi connectivity index (χ3v) is 6.81. The molecule has 0 fully saturated rings. The summed E-state index contributed by atoms with van der Waals surface area (Å²) in [6.07, 6.45) is 1.65. The first-order chi connectivity index (χ1) is 15.4. The van der Waals surface area contributed by atoms with Crippen molar-refractivity contribution < 1.29 is 9.21 Å². The van der Waals surface area contributed by atoms with Gasteiger partial charge in [0, 0.05) is 23.2 Å². The maximum Gasteiger partial charge on any atom is 0.263 e. The molecule has 0 spiro atoms. The number of amides is 1. The van der Waals surface area contributed by atoms with Crippen molar-refractivity contribution in [3.05, 3.63) is 75.6 Å². The van der Waals surface area contributed by atoms with Gasteiger partial charge in [-0.25, -0.2) is 4.98 Å². The third kappa shape index (κ3) is 4.42. The molecule has 1 aromatic carbocycles. The Morgan fingerprint density at radius 2 is 2.09 bits per heavy atom. The minimum absolute atomic E-state index is 0.137. The lowest BCUT2D eigenvalue weighted by molar-refractivity contribution is -0.113. The zero-order valence-corrected chi connectivity index (χ0v) is 19.7. The summed E-state index contributed by atoms with van der Waals surface area (Å²) in [7, 11) is 0. The van der Waals surface area contributed by atoms with Gasteiger partial charge in [0.2, 0.25) is 5.91 Å². The molecule has 0 atom stereocenters. The van der Waals surface area contributed by atoms with Crippen molar-refractivity contribution >= 4 is 44.9 Å². The van der Waals surface area contributed by atoms with Crippen LogP contribution in [0.5, 0.6) is 0 Å². The number of hydrogen-bond acceptors (Lipinski definition) is 6. The number of thioether (sulfide) groups is 1. The molecule has 0 radical (unpaired) electrons. The molecule has 164 valence electrons. The zero-order valence-electron chi connectivity index (χ0n) is 18.1. The number of allylic oxidation sites excluding steroid dienone is 1. The van der Waals surface area contributed by atoms with Crippen LogP contribution >= 0.6 is 23.1 Å². The summed E-state index contributed by atoms with van der Waals surface area (Å²) in [5.74, 6) is 1.41. The largest absolute Gasteiger partial charge is 0.461 e. The highest BCUT2D eigenvalue weighted by atomic mass is 32.2. The number of benzene rings is 1. The summed E-state index contributed by atoms with van der Waals surface area (Å²) in [6, 6.07) is 9.60. The van der Waals surface area contributed by atoms with E-state index >= 15 is 0 Å². The lowest BCUT2D eigenvalue weighted by Crippen LogP contribution is -2.23. The fourth-order valence-corrected chi connectivity index (χ4v) is 5.21. The molecule has 1 amide bonds. The Kier molecular flexibility index (Phi) is 6.34. The standard InChI is InChI=1S/C24H23N3O3S2/c1-5-10-27-23(29)21-17(19-9-7-16(4)30-19)12-31-22(21)26-24(27)32-13-20(28)25-18-8-6-14(2)11-15(18)3/h5-9,11-12H,1,10,13H2,2-4H3,(H,25,28). The van der Waals surface area contributed by atoms with Crippen molar-refractivity contribution in [3.8, 4) is 11.3 Å². The summed E-state index contributed by atoms with van der Waals surface area (Å²) in [4.78, 5) is 31.2. The molecule has 3 heterocycles. The van der Waals surface area contributed by atoms with Crippen LogP contribution in [-0.4, -0.2) is 21.2 Å². The van der Waals surface area contributed by atoms with Crippen LogP contribution in [0.3, 0.4) is 0 Å². The number of aryl methyl sites for hydroxylation is 3. The van der Waals surface area contributed by atoms with E-state index in [0.29, 0.717) is 27.7 Å². The maximum absolute atomic E-state index is 13.3. The third-order valence-electron chi connectivity index (χ3n) is 4.96. The van der Waals surface area contributed by atoms with Gasteiger partial charge >= 0.3 is 0 Å². The van der Waals surface area contributed by atoms with Crippen LogP contribution in [0.15, 0.2) is 62.7 Å². The fraction of sp³-hybridized carbons (Fsp3) is 0.208. The van der Waals surface area contributed by atoms with Crippen molar-refractivity contribution in [1.82, 2.24) is 9.55 Å². The maximum atomic E-state index is 13.3. The van der Waals surface area contributed by atoms with Crippen molar-refractivity contribution in [2.24, 2.45) is 0 Å². The average molecular weight is 466 g/mol. The second-order valence-corrected chi connectivity index (χ2v) is 9.29. The Labute approximate surface area is 194 Å². The minimum atomic E-state index is -0.169. The highest BCUT2D eigenvalue weighted by molar-refractivity contribution is 7.99. The molecular formula is C24H23N3O3S2. The molecule has 6 nitrogen and oxygen atoms in total. The first-order valence-electron chi connectivity index (χ1n) is 10.1. The topological polar surface area (TPSA) is 77.1 Å². The second-order valence-electron chi connectivity index (χ2n) is 7.49. The summed E-state index contributed by atoms with van der Waals surface area (Å²) >= 11 is 2.63. The van der Waals surface area contributed by atoms with Crippen LogP contribution in [0.2, 0.25) is 0 Å². The van der Waals surface area contributed by atoms with E-state index in [-0.39, 0.29) is 17.2 Å². The zero-order chi connectivity index (χ0) is 22.8. The van der Waals surface area contributed by atoms with Crippen LogP contribution in [0.1, 0.15) is 16.9 Å². The SMILES string of the molecule is C=CCn1c(SCC(=O)Nc2ccc(C)cc2C)nc2scc(-c3ccc(C)o3)c2c1=O. The molecule has 0 aliphatic carbocycles. The Morgan fingerprint density at radius 3 is 2.78 bits per heavy atom.